The highest BCUT2D eigenvalue weighted by molar-refractivity contribution is 5.88. The Balaban J connectivity index is 1.58. The number of aromatic amines is 1. The van der Waals surface area contributed by atoms with Gasteiger partial charge in [-0.1, -0.05) is 24.3 Å². The summed E-state index contributed by atoms with van der Waals surface area (Å²) in [4.78, 5) is 21.0. The maximum atomic E-state index is 13.0. The van der Waals surface area contributed by atoms with Gasteiger partial charge in [0.1, 0.15) is 17.4 Å². The molecule has 2 amide bonds. The minimum atomic E-state index is -0.359. The number of rotatable bonds is 6. The summed E-state index contributed by atoms with van der Waals surface area (Å²) in [5, 5.41) is 10.3. The van der Waals surface area contributed by atoms with Crippen molar-refractivity contribution in [2.75, 3.05) is 12.4 Å². The molecule has 166 valence electrons. The van der Waals surface area contributed by atoms with Crippen LogP contribution in [0.15, 0.2) is 60.8 Å². The van der Waals surface area contributed by atoms with E-state index >= 15 is 0 Å². The lowest BCUT2D eigenvalue weighted by Crippen LogP contribution is -2.36. The molecule has 8 heteroatoms. The summed E-state index contributed by atoms with van der Waals surface area (Å²) in [6, 6.07) is 16.7. The summed E-state index contributed by atoms with van der Waals surface area (Å²) in [6.45, 7) is 6.10. The monoisotopic (exact) mass is 432 g/mol. The highest BCUT2D eigenvalue weighted by Gasteiger charge is 2.22. The van der Waals surface area contributed by atoms with E-state index in [-0.39, 0.29) is 17.6 Å². The van der Waals surface area contributed by atoms with Crippen LogP contribution in [0.2, 0.25) is 0 Å². The van der Waals surface area contributed by atoms with Gasteiger partial charge in [-0.25, -0.2) is 14.5 Å². The van der Waals surface area contributed by atoms with Crippen LogP contribution in [0.25, 0.3) is 11.0 Å². The first-order valence-corrected chi connectivity index (χ1v) is 10.5. The van der Waals surface area contributed by atoms with Gasteiger partial charge in [0.05, 0.1) is 35.9 Å². The molecule has 0 aliphatic rings. The van der Waals surface area contributed by atoms with E-state index in [0.717, 1.165) is 22.3 Å². The van der Waals surface area contributed by atoms with E-state index < -0.39 is 0 Å². The molecule has 2 aromatic heterocycles. The van der Waals surface area contributed by atoms with Crippen molar-refractivity contribution in [2.45, 2.75) is 38.8 Å². The number of carbonyl (C=O) groups is 1. The zero-order chi connectivity index (χ0) is 22.7. The fraction of sp³-hybridized carbons (Fsp3) is 0.292. The fourth-order valence-corrected chi connectivity index (χ4v) is 3.59. The Bertz CT molecular complexity index is 1170. The van der Waals surface area contributed by atoms with Crippen molar-refractivity contribution in [3.8, 4) is 5.75 Å². The SMILES string of the molecule is COc1ccc(CC(NC(=O)Nc2ccnn2C(C)(C)C)c2nc3ccccc3[nH]2)cc1. The highest BCUT2D eigenvalue weighted by atomic mass is 16.5. The van der Waals surface area contributed by atoms with Crippen LogP contribution in [0, 0.1) is 0 Å². The third-order valence-electron chi connectivity index (χ3n) is 5.16. The highest BCUT2D eigenvalue weighted by Crippen LogP contribution is 2.23. The van der Waals surface area contributed by atoms with E-state index in [1.54, 1.807) is 24.1 Å². The minimum absolute atomic E-state index is 0.257. The third-order valence-corrected chi connectivity index (χ3v) is 5.16. The molecule has 0 saturated carbocycles. The first-order chi connectivity index (χ1) is 15.3. The minimum Gasteiger partial charge on any atom is -0.497 e. The molecule has 0 bridgehead atoms. The molecule has 1 atom stereocenters. The predicted octanol–water partition coefficient (Wildman–Crippen LogP) is 4.63. The summed E-state index contributed by atoms with van der Waals surface area (Å²) >= 11 is 0. The van der Waals surface area contributed by atoms with Gasteiger partial charge in [0.2, 0.25) is 0 Å². The molecule has 2 heterocycles. The molecule has 0 radical (unpaired) electrons. The molecule has 32 heavy (non-hydrogen) atoms. The third kappa shape index (κ3) is 4.74. The molecule has 0 aliphatic carbocycles. The molecule has 1 unspecified atom stereocenters. The van der Waals surface area contributed by atoms with E-state index in [0.29, 0.717) is 18.1 Å². The molecule has 0 fully saturated rings. The predicted molar refractivity (Wildman–Crippen MR) is 125 cm³/mol. The summed E-state index contributed by atoms with van der Waals surface area (Å²) in [5.74, 6) is 2.11. The number of imidazole rings is 1. The van der Waals surface area contributed by atoms with Crippen molar-refractivity contribution in [1.82, 2.24) is 25.1 Å². The van der Waals surface area contributed by atoms with Crippen molar-refractivity contribution in [3.05, 3.63) is 72.2 Å². The van der Waals surface area contributed by atoms with Crippen molar-refractivity contribution < 1.29 is 9.53 Å². The molecule has 4 rings (SSSR count). The first kappa shape index (κ1) is 21.4. The largest absolute Gasteiger partial charge is 0.497 e. The number of aromatic nitrogens is 4. The number of urea groups is 1. The van der Waals surface area contributed by atoms with Gasteiger partial charge in [-0.05, 0) is 57.0 Å². The van der Waals surface area contributed by atoms with Gasteiger partial charge < -0.3 is 15.0 Å². The summed E-state index contributed by atoms with van der Waals surface area (Å²) < 4.78 is 7.04. The smallest absolute Gasteiger partial charge is 0.320 e. The second kappa shape index (κ2) is 8.74. The normalized spacial score (nSPS) is 12.5. The number of hydrogen-bond donors (Lipinski definition) is 3. The van der Waals surface area contributed by atoms with Crippen LogP contribution in [-0.4, -0.2) is 32.9 Å². The Kier molecular flexibility index (Phi) is 5.85. The van der Waals surface area contributed by atoms with Gasteiger partial charge >= 0.3 is 6.03 Å². The first-order valence-electron chi connectivity index (χ1n) is 10.5. The number of amides is 2. The molecule has 3 N–H and O–H groups in total. The number of ether oxygens (including phenoxy) is 1. The van der Waals surface area contributed by atoms with E-state index in [9.17, 15) is 4.79 Å². The summed E-state index contributed by atoms with van der Waals surface area (Å²) in [7, 11) is 1.64. The molecular formula is C24H28N6O2. The molecule has 0 aliphatic heterocycles. The average Bonchev–Trinajstić information content (AvgIpc) is 3.40. The lowest BCUT2D eigenvalue weighted by molar-refractivity contribution is 0.247. The van der Waals surface area contributed by atoms with E-state index in [1.807, 2.05) is 69.3 Å². The second-order valence-corrected chi connectivity index (χ2v) is 8.64. The van der Waals surface area contributed by atoms with E-state index in [4.69, 9.17) is 9.72 Å². The standard InChI is InChI=1S/C24H28N6O2/c1-24(2,3)30-21(13-14-25-30)29-23(31)28-20(15-16-9-11-17(32-4)12-10-16)22-26-18-7-5-6-8-19(18)27-22/h5-14,20H,15H2,1-4H3,(H,26,27)(H2,28,29,31). The summed E-state index contributed by atoms with van der Waals surface area (Å²) in [6.07, 6.45) is 2.24. The number of nitrogens with zero attached hydrogens (tertiary/aromatic N) is 3. The number of fused-ring (bicyclic) bond motifs is 1. The van der Waals surface area contributed by atoms with Crippen molar-refractivity contribution >= 4 is 22.9 Å². The van der Waals surface area contributed by atoms with E-state index in [1.165, 1.54) is 0 Å². The topological polar surface area (TPSA) is 96.9 Å². The average molecular weight is 433 g/mol. The molecule has 4 aromatic rings. The zero-order valence-electron chi connectivity index (χ0n) is 18.7. The number of methoxy groups -OCH3 is 1. The van der Waals surface area contributed by atoms with Gasteiger partial charge in [0.25, 0.3) is 0 Å². The number of para-hydroxylation sites is 2. The lowest BCUT2D eigenvalue weighted by atomic mass is 10.1. The maximum absolute atomic E-state index is 13.0. The Hall–Kier alpha value is -3.81. The number of nitrogens with one attached hydrogen (secondary N) is 3. The van der Waals surface area contributed by atoms with E-state index in [2.05, 4.69) is 20.7 Å². The fourth-order valence-electron chi connectivity index (χ4n) is 3.59. The summed E-state index contributed by atoms with van der Waals surface area (Å²) in [5.41, 5.74) is 2.58. The Labute approximate surface area is 187 Å². The molecule has 0 spiro atoms. The number of carbonyl (C=O) groups excluding carboxylic acids is 1. The molecule has 2 aromatic carbocycles. The molecule has 0 saturated heterocycles. The van der Waals surface area contributed by atoms with Crippen LogP contribution in [-0.2, 0) is 12.0 Å². The van der Waals surface area contributed by atoms with Crippen LogP contribution < -0.4 is 15.4 Å². The maximum Gasteiger partial charge on any atom is 0.320 e. The van der Waals surface area contributed by atoms with Gasteiger partial charge in [-0.15, -0.1) is 0 Å². The Morgan fingerprint density at radius 3 is 2.56 bits per heavy atom. The van der Waals surface area contributed by atoms with Gasteiger partial charge in [-0.3, -0.25) is 5.32 Å². The Morgan fingerprint density at radius 1 is 1.12 bits per heavy atom. The van der Waals surface area contributed by atoms with Crippen LogP contribution in [0.1, 0.15) is 38.2 Å². The van der Waals surface area contributed by atoms with Crippen molar-refractivity contribution in [1.29, 1.82) is 0 Å². The number of H-pyrrole nitrogens is 1. The Morgan fingerprint density at radius 2 is 1.88 bits per heavy atom. The number of benzene rings is 2. The van der Waals surface area contributed by atoms with Gasteiger partial charge in [0, 0.05) is 6.07 Å². The van der Waals surface area contributed by atoms with Gasteiger partial charge in [0.15, 0.2) is 0 Å². The van der Waals surface area contributed by atoms with Crippen LogP contribution in [0.5, 0.6) is 5.75 Å². The van der Waals surface area contributed by atoms with Crippen LogP contribution in [0.3, 0.4) is 0 Å². The quantitative estimate of drug-likeness (QED) is 0.414. The lowest BCUT2D eigenvalue weighted by Gasteiger charge is -2.23. The second-order valence-electron chi connectivity index (χ2n) is 8.64. The number of anilines is 1. The molecule has 8 nitrogen and oxygen atoms in total. The number of hydrogen-bond acceptors (Lipinski definition) is 4. The zero-order valence-corrected chi connectivity index (χ0v) is 18.7. The van der Waals surface area contributed by atoms with Crippen LogP contribution >= 0.6 is 0 Å². The van der Waals surface area contributed by atoms with Crippen molar-refractivity contribution in [3.63, 3.8) is 0 Å². The van der Waals surface area contributed by atoms with Crippen LogP contribution in [0.4, 0.5) is 10.6 Å². The molecular weight excluding hydrogens is 404 g/mol. The van der Waals surface area contributed by atoms with Crippen molar-refractivity contribution in [2.24, 2.45) is 0 Å². The van der Waals surface area contributed by atoms with Gasteiger partial charge in [-0.2, -0.15) is 5.10 Å².